The monoisotopic (exact) mass is 185 g/mol. The van der Waals surface area contributed by atoms with Gasteiger partial charge in [0.25, 0.3) is 0 Å². The largest absolute Gasteiger partial charge is 0.341 e. The Morgan fingerprint density at radius 1 is 1.50 bits per heavy atom. The molecule has 0 atom stereocenters. The normalized spacial score (nSPS) is 9.58. The number of rotatable bonds is 1. The van der Waals surface area contributed by atoms with Gasteiger partial charge in [-0.25, -0.2) is 9.78 Å². The minimum Gasteiger partial charge on any atom is -0.341 e. The summed E-state index contributed by atoms with van der Waals surface area (Å²) in [6.45, 7) is 3.89. The number of carbonyl (C=O) groups excluding carboxylic acids is 1. The summed E-state index contributed by atoms with van der Waals surface area (Å²) < 4.78 is 0. The number of anilines is 1. The zero-order valence-corrected chi connectivity index (χ0v) is 8.08. The summed E-state index contributed by atoms with van der Waals surface area (Å²) in [6, 6.07) is -0.233. The molecule has 0 bridgehead atoms. The van der Waals surface area contributed by atoms with Gasteiger partial charge in [0.15, 0.2) is 5.13 Å². The van der Waals surface area contributed by atoms with Crippen LogP contribution in [0.1, 0.15) is 10.6 Å². The van der Waals surface area contributed by atoms with Gasteiger partial charge < -0.3 is 5.32 Å². The highest BCUT2D eigenvalue weighted by atomic mass is 32.1. The average molecular weight is 185 g/mol. The van der Waals surface area contributed by atoms with Crippen molar-refractivity contribution in [2.75, 3.05) is 12.4 Å². The van der Waals surface area contributed by atoms with Gasteiger partial charge in [-0.15, -0.1) is 11.3 Å². The first-order chi connectivity index (χ1) is 5.63. The molecule has 2 amide bonds. The van der Waals surface area contributed by atoms with Crippen molar-refractivity contribution in [3.63, 3.8) is 0 Å². The van der Waals surface area contributed by atoms with Crippen molar-refractivity contribution in [2.24, 2.45) is 0 Å². The molecule has 4 nitrogen and oxygen atoms in total. The first-order valence-corrected chi connectivity index (χ1v) is 4.38. The fourth-order valence-electron chi connectivity index (χ4n) is 0.686. The number of thiazole rings is 1. The van der Waals surface area contributed by atoms with E-state index in [1.807, 2.05) is 13.8 Å². The van der Waals surface area contributed by atoms with Crippen molar-refractivity contribution in [1.29, 1.82) is 0 Å². The number of aryl methyl sites for hydroxylation is 2. The molecule has 66 valence electrons. The molecule has 1 aromatic heterocycles. The lowest BCUT2D eigenvalue weighted by Gasteiger charge is -1.97. The molecule has 0 unspecified atom stereocenters. The molecule has 1 rings (SSSR count). The third-order valence-corrected chi connectivity index (χ3v) is 2.46. The van der Waals surface area contributed by atoms with Crippen LogP contribution in [0.2, 0.25) is 0 Å². The second-order valence-corrected chi connectivity index (χ2v) is 3.57. The highest BCUT2D eigenvalue weighted by Crippen LogP contribution is 2.20. The Kier molecular flexibility index (Phi) is 2.65. The Labute approximate surface area is 75.0 Å². The van der Waals surface area contributed by atoms with E-state index in [4.69, 9.17) is 0 Å². The second-order valence-electron chi connectivity index (χ2n) is 2.36. The van der Waals surface area contributed by atoms with E-state index in [9.17, 15) is 4.79 Å². The number of amides is 2. The van der Waals surface area contributed by atoms with E-state index in [2.05, 4.69) is 15.6 Å². The Morgan fingerprint density at radius 3 is 2.58 bits per heavy atom. The molecule has 0 aliphatic carbocycles. The van der Waals surface area contributed by atoms with Crippen LogP contribution in [0.15, 0.2) is 0 Å². The van der Waals surface area contributed by atoms with Crippen LogP contribution in [-0.4, -0.2) is 18.1 Å². The minimum absolute atomic E-state index is 0.233. The van der Waals surface area contributed by atoms with Crippen LogP contribution in [0.25, 0.3) is 0 Å². The maximum atomic E-state index is 10.8. The Balaban J connectivity index is 2.70. The highest BCUT2D eigenvalue weighted by Gasteiger charge is 2.05. The molecule has 0 radical (unpaired) electrons. The summed E-state index contributed by atoms with van der Waals surface area (Å²) in [7, 11) is 1.57. The van der Waals surface area contributed by atoms with E-state index in [1.165, 1.54) is 11.3 Å². The summed E-state index contributed by atoms with van der Waals surface area (Å²) in [5.74, 6) is 0. The Hall–Kier alpha value is -1.10. The van der Waals surface area contributed by atoms with Gasteiger partial charge in [-0.3, -0.25) is 5.32 Å². The number of carbonyl (C=O) groups is 1. The molecule has 0 saturated heterocycles. The summed E-state index contributed by atoms with van der Waals surface area (Å²) in [6.07, 6.45) is 0. The molecule has 0 spiro atoms. The van der Waals surface area contributed by atoms with E-state index in [-0.39, 0.29) is 6.03 Å². The van der Waals surface area contributed by atoms with Crippen LogP contribution < -0.4 is 10.6 Å². The first kappa shape index (κ1) is 8.99. The predicted octanol–water partition coefficient (Wildman–Crippen LogP) is 1.51. The fraction of sp³-hybridized carbons (Fsp3) is 0.429. The maximum absolute atomic E-state index is 10.8. The van der Waals surface area contributed by atoms with Crippen LogP contribution in [-0.2, 0) is 0 Å². The molecule has 2 N–H and O–H groups in total. The van der Waals surface area contributed by atoms with Gasteiger partial charge in [-0.1, -0.05) is 0 Å². The average Bonchev–Trinajstić information content (AvgIpc) is 2.31. The molecule has 0 aliphatic heterocycles. The number of nitrogens with zero attached hydrogens (tertiary/aromatic N) is 1. The van der Waals surface area contributed by atoms with Crippen molar-refractivity contribution in [3.05, 3.63) is 10.6 Å². The van der Waals surface area contributed by atoms with E-state index < -0.39 is 0 Å². The molecular formula is C7H11N3OS. The van der Waals surface area contributed by atoms with Crippen molar-refractivity contribution in [1.82, 2.24) is 10.3 Å². The standard InChI is InChI=1S/C7H11N3OS/c1-4-5(2)12-7(9-4)10-6(11)8-3/h1-3H3,(H2,8,9,10,11). The third-order valence-electron chi connectivity index (χ3n) is 1.48. The van der Waals surface area contributed by atoms with E-state index >= 15 is 0 Å². The van der Waals surface area contributed by atoms with Crippen molar-refractivity contribution in [3.8, 4) is 0 Å². The van der Waals surface area contributed by atoms with Crippen LogP contribution in [0.5, 0.6) is 0 Å². The molecule has 0 fully saturated rings. The van der Waals surface area contributed by atoms with Gasteiger partial charge in [0.05, 0.1) is 5.69 Å². The van der Waals surface area contributed by atoms with Gasteiger partial charge >= 0.3 is 6.03 Å². The molecule has 5 heteroatoms. The van der Waals surface area contributed by atoms with Crippen LogP contribution in [0.3, 0.4) is 0 Å². The zero-order chi connectivity index (χ0) is 9.14. The van der Waals surface area contributed by atoms with Crippen molar-refractivity contribution < 1.29 is 4.79 Å². The third kappa shape index (κ3) is 1.94. The number of urea groups is 1. The summed E-state index contributed by atoms with van der Waals surface area (Å²) in [4.78, 5) is 16.1. The van der Waals surface area contributed by atoms with Crippen LogP contribution in [0.4, 0.5) is 9.93 Å². The van der Waals surface area contributed by atoms with E-state index in [0.29, 0.717) is 5.13 Å². The number of hydrogen-bond donors (Lipinski definition) is 2. The summed E-state index contributed by atoms with van der Waals surface area (Å²) >= 11 is 1.47. The Morgan fingerprint density at radius 2 is 2.17 bits per heavy atom. The quantitative estimate of drug-likeness (QED) is 0.696. The number of aromatic nitrogens is 1. The van der Waals surface area contributed by atoms with Crippen LogP contribution in [0, 0.1) is 13.8 Å². The van der Waals surface area contributed by atoms with E-state index in [0.717, 1.165) is 10.6 Å². The van der Waals surface area contributed by atoms with Gasteiger partial charge in [0.2, 0.25) is 0 Å². The topological polar surface area (TPSA) is 54.0 Å². The molecule has 1 aromatic rings. The van der Waals surface area contributed by atoms with Gasteiger partial charge in [0.1, 0.15) is 0 Å². The van der Waals surface area contributed by atoms with Crippen LogP contribution >= 0.6 is 11.3 Å². The summed E-state index contributed by atoms with van der Waals surface area (Å²) in [5, 5.41) is 5.71. The van der Waals surface area contributed by atoms with Gasteiger partial charge in [-0.05, 0) is 13.8 Å². The second kappa shape index (κ2) is 3.53. The molecule has 0 aromatic carbocycles. The maximum Gasteiger partial charge on any atom is 0.320 e. The smallest absolute Gasteiger partial charge is 0.320 e. The van der Waals surface area contributed by atoms with Crippen molar-refractivity contribution >= 4 is 22.5 Å². The molecule has 0 saturated carbocycles. The predicted molar refractivity (Wildman–Crippen MR) is 49.7 cm³/mol. The zero-order valence-electron chi connectivity index (χ0n) is 7.26. The minimum atomic E-state index is -0.233. The molecule has 0 aliphatic rings. The fourth-order valence-corrected chi connectivity index (χ4v) is 1.50. The highest BCUT2D eigenvalue weighted by molar-refractivity contribution is 7.15. The molecule has 1 heterocycles. The SMILES string of the molecule is CNC(=O)Nc1nc(C)c(C)s1. The van der Waals surface area contributed by atoms with Crippen molar-refractivity contribution in [2.45, 2.75) is 13.8 Å². The lowest BCUT2D eigenvalue weighted by Crippen LogP contribution is -2.24. The number of hydrogen-bond acceptors (Lipinski definition) is 3. The van der Waals surface area contributed by atoms with E-state index in [1.54, 1.807) is 7.05 Å². The summed E-state index contributed by atoms with van der Waals surface area (Å²) in [5.41, 5.74) is 0.964. The van der Waals surface area contributed by atoms with Gasteiger partial charge in [-0.2, -0.15) is 0 Å². The Bertz CT molecular complexity index is 275. The number of nitrogens with one attached hydrogen (secondary N) is 2. The molecular weight excluding hydrogens is 174 g/mol. The lowest BCUT2D eigenvalue weighted by atomic mass is 10.4. The first-order valence-electron chi connectivity index (χ1n) is 3.56. The van der Waals surface area contributed by atoms with Gasteiger partial charge in [0, 0.05) is 11.9 Å². The lowest BCUT2D eigenvalue weighted by molar-refractivity contribution is 0.254. The molecule has 12 heavy (non-hydrogen) atoms.